The van der Waals surface area contributed by atoms with E-state index in [0.29, 0.717) is 23.0 Å². The second-order valence-corrected chi connectivity index (χ2v) is 8.80. The Morgan fingerprint density at radius 1 is 1.12 bits per heavy atom. The van der Waals surface area contributed by atoms with E-state index in [1.807, 2.05) is 13.8 Å². The lowest BCUT2D eigenvalue weighted by Gasteiger charge is -2.21. The highest BCUT2D eigenvalue weighted by Crippen LogP contribution is 2.45. The molecule has 10 heteroatoms. The van der Waals surface area contributed by atoms with Gasteiger partial charge in [0.15, 0.2) is 0 Å². The van der Waals surface area contributed by atoms with Gasteiger partial charge in [-0.15, -0.1) is 0 Å². The van der Waals surface area contributed by atoms with Crippen LogP contribution in [0.3, 0.4) is 0 Å². The van der Waals surface area contributed by atoms with E-state index in [1.165, 1.54) is 12.1 Å². The first-order chi connectivity index (χ1) is 15.2. The standard InChI is InChI=1S/C22H17ClFN3O4S/c1-11(2)27-16-6-4-3-5-13(16)18(20(27)29)19-21(30)26(22(31)32-19)10-17(28)25-12-7-8-15(24)14(23)9-12/h3-9,11H,10H2,1-2H3,(H,25,28)/b19-18+. The molecule has 2 aliphatic rings. The smallest absolute Gasteiger partial charge is 0.294 e. The van der Waals surface area contributed by atoms with E-state index in [2.05, 4.69) is 5.32 Å². The van der Waals surface area contributed by atoms with Crippen molar-refractivity contribution in [1.29, 1.82) is 0 Å². The first-order valence-corrected chi connectivity index (χ1v) is 10.8. The van der Waals surface area contributed by atoms with Gasteiger partial charge in [0.1, 0.15) is 12.4 Å². The Kier molecular flexibility index (Phi) is 5.79. The molecule has 0 aromatic heterocycles. The first kappa shape index (κ1) is 22.0. The van der Waals surface area contributed by atoms with Crippen LogP contribution in [0.25, 0.3) is 5.57 Å². The van der Waals surface area contributed by atoms with Gasteiger partial charge in [-0.2, -0.15) is 0 Å². The third kappa shape index (κ3) is 3.78. The number of hydrogen-bond acceptors (Lipinski definition) is 5. The highest BCUT2D eigenvalue weighted by atomic mass is 35.5. The number of carbonyl (C=O) groups is 4. The van der Waals surface area contributed by atoms with E-state index < -0.39 is 29.4 Å². The molecule has 2 heterocycles. The van der Waals surface area contributed by atoms with Crippen LogP contribution < -0.4 is 10.2 Å². The minimum atomic E-state index is -0.712. The van der Waals surface area contributed by atoms with Crippen LogP contribution in [0, 0.1) is 5.82 Å². The number of carbonyl (C=O) groups excluding carboxylic acids is 4. The van der Waals surface area contributed by atoms with E-state index in [-0.39, 0.29) is 33.1 Å². The van der Waals surface area contributed by atoms with E-state index in [1.54, 1.807) is 29.2 Å². The van der Waals surface area contributed by atoms with E-state index in [9.17, 15) is 23.6 Å². The Bertz CT molecular complexity index is 1210. The quantitative estimate of drug-likeness (QED) is 0.670. The number of halogens is 2. The van der Waals surface area contributed by atoms with Crippen molar-refractivity contribution in [3.8, 4) is 0 Å². The van der Waals surface area contributed by atoms with Gasteiger partial charge in [0.2, 0.25) is 5.91 Å². The van der Waals surface area contributed by atoms with Crippen molar-refractivity contribution in [2.45, 2.75) is 19.9 Å². The fourth-order valence-electron chi connectivity index (χ4n) is 3.58. The summed E-state index contributed by atoms with van der Waals surface area (Å²) in [6.07, 6.45) is 0. The van der Waals surface area contributed by atoms with E-state index >= 15 is 0 Å². The third-order valence-electron chi connectivity index (χ3n) is 4.96. The van der Waals surface area contributed by atoms with Gasteiger partial charge in [0.25, 0.3) is 17.1 Å². The van der Waals surface area contributed by atoms with Crippen LogP contribution in [0.4, 0.5) is 20.6 Å². The molecule has 0 atom stereocenters. The second-order valence-electron chi connectivity index (χ2n) is 7.43. The molecule has 164 valence electrons. The number of benzene rings is 2. The molecule has 1 N–H and O–H groups in total. The number of rotatable bonds is 4. The molecule has 7 nitrogen and oxygen atoms in total. The van der Waals surface area contributed by atoms with Gasteiger partial charge in [0.05, 0.1) is 21.2 Å². The van der Waals surface area contributed by atoms with Crippen LogP contribution in [0.15, 0.2) is 47.4 Å². The highest BCUT2D eigenvalue weighted by molar-refractivity contribution is 8.18. The fourth-order valence-corrected chi connectivity index (χ4v) is 4.69. The Morgan fingerprint density at radius 3 is 2.53 bits per heavy atom. The molecule has 1 fully saturated rings. The average molecular weight is 474 g/mol. The molecule has 2 aromatic rings. The maximum Gasteiger partial charge on any atom is 0.294 e. The summed E-state index contributed by atoms with van der Waals surface area (Å²) in [5, 5.41) is 1.64. The summed E-state index contributed by atoms with van der Waals surface area (Å²) in [5.74, 6) is -2.38. The molecule has 2 aromatic carbocycles. The van der Waals surface area contributed by atoms with E-state index in [0.717, 1.165) is 11.0 Å². The van der Waals surface area contributed by atoms with Gasteiger partial charge in [-0.05, 0) is 49.9 Å². The van der Waals surface area contributed by atoms with Crippen molar-refractivity contribution in [1.82, 2.24) is 4.90 Å². The Hall–Kier alpha value is -3.17. The van der Waals surface area contributed by atoms with Crippen molar-refractivity contribution >= 4 is 63.3 Å². The van der Waals surface area contributed by atoms with Crippen LogP contribution in [0.2, 0.25) is 5.02 Å². The van der Waals surface area contributed by atoms with Crippen molar-refractivity contribution in [3.05, 3.63) is 63.8 Å². The number of amides is 4. The lowest BCUT2D eigenvalue weighted by molar-refractivity contribution is -0.127. The van der Waals surface area contributed by atoms with Crippen LogP contribution >= 0.6 is 23.4 Å². The van der Waals surface area contributed by atoms with Gasteiger partial charge >= 0.3 is 0 Å². The van der Waals surface area contributed by atoms with Gasteiger partial charge in [-0.25, -0.2) is 4.39 Å². The molecule has 0 radical (unpaired) electrons. The molecule has 4 amide bonds. The molecule has 0 aliphatic carbocycles. The van der Waals surface area contributed by atoms with Crippen LogP contribution in [-0.2, 0) is 14.4 Å². The Morgan fingerprint density at radius 2 is 1.84 bits per heavy atom. The van der Waals surface area contributed by atoms with Gasteiger partial charge in [0, 0.05) is 17.3 Å². The van der Waals surface area contributed by atoms with Gasteiger partial charge < -0.3 is 10.2 Å². The zero-order chi connectivity index (χ0) is 23.2. The molecular formula is C22H17ClFN3O4S. The van der Waals surface area contributed by atoms with Crippen molar-refractivity contribution in [2.24, 2.45) is 0 Å². The number of thioether (sulfide) groups is 1. The Labute approximate surface area is 192 Å². The first-order valence-electron chi connectivity index (χ1n) is 9.65. The highest BCUT2D eigenvalue weighted by Gasteiger charge is 2.44. The SMILES string of the molecule is CC(C)N1C(=O)/C(=C2/SC(=O)N(CC(=O)Nc3ccc(F)c(Cl)c3)C2=O)c2ccccc21. The number of nitrogens with one attached hydrogen (secondary N) is 1. The zero-order valence-electron chi connectivity index (χ0n) is 17.0. The zero-order valence-corrected chi connectivity index (χ0v) is 18.6. The maximum atomic E-state index is 13.3. The summed E-state index contributed by atoms with van der Waals surface area (Å²) in [6.45, 7) is 3.16. The van der Waals surface area contributed by atoms with E-state index in [4.69, 9.17) is 11.6 Å². The normalized spacial score (nSPS) is 18.1. The van der Waals surface area contributed by atoms with Crippen LogP contribution in [-0.4, -0.2) is 40.4 Å². The fraction of sp³-hybridized carbons (Fsp3) is 0.182. The number of imide groups is 1. The number of hydrogen-bond donors (Lipinski definition) is 1. The topological polar surface area (TPSA) is 86.8 Å². The molecule has 0 bridgehead atoms. The predicted molar refractivity (Wildman–Crippen MR) is 121 cm³/mol. The molecule has 1 saturated heterocycles. The molecule has 4 rings (SSSR count). The van der Waals surface area contributed by atoms with Crippen LogP contribution in [0.5, 0.6) is 0 Å². The lowest BCUT2D eigenvalue weighted by atomic mass is 10.1. The Balaban J connectivity index is 1.60. The number of fused-ring (bicyclic) bond motifs is 1. The molecule has 32 heavy (non-hydrogen) atoms. The monoisotopic (exact) mass is 473 g/mol. The minimum Gasteiger partial charge on any atom is -0.324 e. The molecule has 0 unspecified atom stereocenters. The molecule has 0 spiro atoms. The summed E-state index contributed by atoms with van der Waals surface area (Å²) in [7, 11) is 0. The lowest BCUT2D eigenvalue weighted by Crippen LogP contribution is -2.37. The summed E-state index contributed by atoms with van der Waals surface area (Å²) in [6, 6.07) is 10.5. The second kappa shape index (κ2) is 8.40. The number of nitrogens with zero attached hydrogens (tertiary/aromatic N) is 2. The van der Waals surface area contributed by atoms with Crippen molar-refractivity contribution < 1.29 is 23.6 Å². The third-order valence-corrected chi connectivity index (χ3v) is 6.23. The molecule has 0 saturated carbocycles. The number of para-hydroxylation sites is 1. The maximum absolute atomic E-state index is 13.3. The van der Waals surface area contributed by atoms with Crippen molar-refractivity contribution in [3.63, 3.8) is 0 Å². The van der Waals surface area contributed by atoms with Crippen LogP contribution in [0.1, 0.15) is 19.4 Å². The summed E-state index contributed by atoms with van der Waals surface area (Å²) < 4.78 is 13.3. The minimum absolute atomic E-state index is 0.00627. The largest absolute Gasteiger partial charge is 0.324 e. The summed E-state index contributed by atoms with van der Waals surface area (Å²) in [5.41, 5.74) is 1.62. The molecule has 2 aliphatic heterocycles. The van der Waals surface area contributed by atoms with Gasteiger partial charge in [-0.1, -0.05) is 29.8 Å². The summed E-state index contributed by atoms with van der Waals surface area (Å²) >= 11 is 6.34. The van der Waals surface area contributed by atoms with Gasteiger partial charge in [-0.3, -0.25) is 24.1 Å². The number of anilines is 2. The average Bonchev–Trinajstić information content (AvgIpc) is 3.18. The summed E-state index contributed by atoms with van der Waals surface area (Å²) in [4.78, 5) is 53.4. The predicted octanol–water partition coefficient (Wildman–Crippen LogP) is 4.28. The molecular weight excluding hydrogens is 457 g/mol. The van der Waals surface area contributed by atoms with Crippen molar-refractivity contribution in [2.75, 3.05) is 16.8 Å².